The van der Waals surface area contributed by atoms with Crippen molar-refractivity contribution in [3.05, 3.63) is 0 Å². The van der Waals surface area contributed by atoms with Gasteiger partial charge in [-0.2, -0.15) is 0 Å². The quantitative estimate of drug-likeness (QED) is 0.150. The molecule has 426 valence electrons. The van der Waals surface area contributed by atoms with E-state index in [0.29, 0.717) is 72.0 Å². The molecule has 0 aromatic rings. The maximum Gasteiger partial charge on any atom is 0.248 e. The Morgan fingerprint density at radius 1 is 0.366 bits per heavy atom. The minimum Gasteiger partial charge on any atom is -0.393 e. The van der Waals surface area contributed by atoms with Crippen molar-refractivity contribution in [1.29, 1.82) is 0 Å². The predicted octanol–water partition coefficient (Wildman–Crippen LogP) is 14.9. The zero-order valence-corrected chi connectivity index (χ0v) is 48.9. The summed E-state index contributed by atoms with van der Waals surface area (Å²) in [5.74, 6) is 5.77. The van der Waals surface area contributed by atoms with Crippen molar-refractivity contribution in [2.75, 3.05) is 13.2 Å². The van der Waals surface area contributed by atoms with E-state index in [1.165, 1.54) is 64.2 Å². The molecule has 0 radical (unpaired) electrons. The first kappa shape index (κ1) is 68.5. The van der Waals surface area contributed by atoms with Crippen molar-refractivity contribution < 1.29 is 48.5 Å². The van der Waals surface area contributed by atoms with E-state index in [-0.39, 0.29) is 55.5 Å². The van der Waals surface area contributed by atoms with Crippen LogP contribution in [-0.2, 0) is 4.74 Å². The highest BCUT2D eigenvalue weighted by Crippen LogP contribution is 2.41. The molecule has 0 aromatic carbocycles. The fourth-order valence-corrected chi connectivity index (χ4v) is 12.6. The third kappa shape index (κ3) is 26.4. The Hall–Kier alpha value is -0.490. The molecule has 6 N–H and O–H groups in total. The predicted molar refractivity (Wildman–Crippen MR) is 291 cm³/mol. The van der Waals surface area contributed by atoms with Crippen LogP contribution >= 0.6 is 0 Å². The molecule has 10 heteroatoms. The molecular weight excluding hydrogens is 902 g/mol. The van der Waals surface area contributed by atoms with Gasteiger partial charge in [-0.15, -0.1) is 0 Å². The van der Waals surface area contributed by atoms with Gasteiger partial charge in [-0.3, -0.25) is 0 Å². The van der Waals surface area contributed by atoms with Gasteiger partial charge >= 0.3 is 0 Å². The number of rotatable bonds is 7. The van der Waals surface area contributed by atoms with Crippen LogP contribution < -0.4 is 0 Å². The third-order valence-electron chi connectivity index (χ3n) is 18.1. The largest absolute Gasteiger partial charge is 0.393 e. The standard InChI is InChI=1S/C10H19FO.C9H16F2O.2C9H18O.C8H16O2.C8H16O.C8H16/c1-7(2)8-4-5-10(3,11)6-9(8)12;1-6(2)7-5-9(10,11)4-3-8(7)12;2*1-7(2)8-5-3-4-6-9(8)10;1-6(2)7-5-10-4-3-8(7)9;1-6(2)7-4-3-5-8(7)9;1-6(2)8-5-4-7(8)3/h7-9,12H,4-6H2,1-3H3;6-8,12H,3-5H2,1-2H3;2*7-10H,3-6H2,1-2H3;6-9H,3-5H2,1-2H3;6-9H,3-5H2,1-2H3;6-8H,4-5H2,1-3H3. The topological polar surface area (TPSA) is 131 Å². The highest BCUT2D eigenvalue weighted by molar-refractivity contribution is 4.89. The third-order valence-corrected chi connectivity index (χ3v) is 18.1. The van der Waals surface area contributed by atoms with Crippen LogP contribution in [0.5, 0.6) is 0 Å². The van der Waals surface area contributed by atoms with Gasteiger partial charge in [0.15, 0.2) is 0 Å². The average molecular weight is 1020 g/mol. The van der Waals surface area contributed by atoms with Crippen molar-refractivity contribution in [2.24, 2.45) is 88.8 Å². The van der Waals surface area contributed by atoms with Crippen molar-refractivity contribution >= 4 is 0 Å². The van der Waals surface area contributed by atoms with Gasteiger partial charge in [0.1, 0.15) is 5.67 Å². The summed E-state index contributed by atoms with van der Waals surface area (Å²) in [4.78, 5) is 0. The molecule has 15 atom stereocenters. The number of aliphatic hydroxyl groups is 6. The van der Waals surface area contributed by atoms with Gasteiger partial charge in [-0.1, -0.05) is 142 Å². The highest BCUT2D eigenvalue weighted by atomic mass is 19.3. The Labute approximate surface area is 436 Å². The number of ether oxygens (including phenoxy) is 1. The van der Waals surface area contributed by atoms with Crippen LogP contribution in [0, 0.1) is 88.8 Å². The molecule has 15 unspecified atom stereocenters. The van der Waals surface area contributed by atoms with E-state index in [0.717, 1.165) is 63.1 Å². The van der Waals surface area contributed by atoms with Crippen LogP contribution in [0.4, 0.5) is 13.2 Å². The van der Waals surface area contributed by atoms with Gasteiger partial charge < -0.3 is 35.4 Å². The van der Waals surface area contributed by atoms with Crippen LogP contribution in [0.1, 0.15) is 239 Å². The molecule has 0 spiro atoms. The lowest BCUT2D eigenvalue weighted by molar-refractivity contribution is -0.101. The summed E-state index contributed by atoms with van der Waals surface area (Å²) in [6.07, 6.45) is 17.5. The molecule has 1 saturated heterocycles. The first-order valence-corrected chi connectivity index (χ1v) is 29.7. The van der Waals surface area contributed by atoms with E-state index in [1.54, 1.807) is 6.92 Å². The Kier molecular flexibility index (Phi) is 33.1. The Morgan fingerprint density at radius 2 is 0.732 bits per heavy atom. The molecule has 7 nitrogen and oxygen atoms in total. The van der Waals surface area contributed by atoms with E-state index in [4.69, 9.17) is 4.74 Å². The molecular formula is C61H119F3O7. The summed E-state index contributed by atoms with van der Waals surface area (Å²) in [5, 5.41) is 57.0. The second-order valence-electron chi connectivity index (χ2n) is 26.4. The molecule has 0 aromatic heterocycles. The van der Waals surface area contributed by atoms with Crippen LogP contribution in [0.25, 0.3) is 0 Å². The lowest BCUT2D eigenvalue weighted by Crippen LogP contribution is -2.39. The average Bonchev–Trinajstić information content (AvgIpc) is 3.71. The molecule has 7 rings (SSSR count). The van der Waals surface area contributed by atoms with Gasteiger partial charge in [-0.05, 0) is 160 Å². The van der Waals surface area contributed by atoms with E-state index in [1.807, 2.05) is 13.8 Å². The molecule has 1 heterocycles. The minimum atomic E-state index is -2.55. The lowest BCUT2D eigenvalue weighted by atomic mass is 9.69. The summed E-state index contributed by atoms with van der Waals surface area (Å²) in [5.41, 5.74) is -1.13. The van der Waals surface area contributed by atoms with E-state index < -0.39 is 23.8 Å². The first-order chi connectivity index (χ1) is 32.9. The molecule has 7 fully saturated rings. The number of hydrogen-bond acceptors (Lipinski definition) is 7. The van der Waals surface area contributed by atoms with Gasteiger partial charge in [0.25, 0.3) is 0 Å². The zero-order valence-electron chi connectivity index (χ0n) is 48.9. The summed E-state index contributed by atoms with van der Waals surface area (Å²) < 4.78 is 44.4. The molecule has 71 heavy (non-hydrogen) atoms. The summed E-state index contributed by atoms with van der Waals surface area (Å²) >= 11 is 0. The van der Waals surface area contributed by atoms with Gasteiger partial charge in [0.05, 0.1) is 43.2 Å². The van der Waals surface area contributed by atoms with Gasteiger partial charge in [0.2, 0.25) is 5.92 Å². The van der Waals surface area contributed by atoms with Crippen molar-refractivity contribution in [1.82, 2.24) is 0 Å². The number of alkyl halides is 3. The second-order valence-corrected chi connectivity index (χ2v) is 26.4. The van der Waals surface area contributed by atoms with E-state index in [2.05, 4.69) is 90.0 Å². The molecule has 6 saturated carbocycles. The van der Waals surface area contributed by atoms with Crippen LogP contribution in [0.2, 0.25) is 0 Å². The highest BCUT2D eigenvalue weighted by Gasteiger charge is 2.42. The summed E-state index contributed by atoms with van der Waals surface area (Å²) in [6, 6.07) is 0. The molecule has 1 aliphatic heterocycles. The number of halogens is 3. The molecule has 0 amide bonds. The van der Waals surface area contributed by atoms with Crippen molar-refractivity contribution in [3.63, 3.8) is 0 Å². The maximum absolute atomic E-state index is 13.4. The summed E-state index contributed by atoms with van der Waals surface area (Å²) in [7, 11) is 0. The Balaban J connectivity index is 0.000000416. The SMILES string of the molecule is CC(C)C1CC(F)(F)CCC1O.CC(C)C1CCC(C)(F)CC1O.CC(C)C1CCC1C.CC(C)C1CCCC1O.CC(C)C1CCCCC1O.CC(C)C1CCCCC1O.CC(C)C1COCCC1O. The number of aliphatic hydroxyl groups excluding tert-OH is 6. The second kappa shape index (κ2) is 34.3. The Bertz CT molecular complexity index is 1260. The molecule has 7 aliphatic rings. The normalized spacial score (nSPS) is 36.8. The first-order valence-electron chi connectivity index (χ1n) is 29.7. The monoisotopic (exact) mass is 1020 g/mol. The lowest BCUT2D eigenvalue weighted by Gasteiger charge is -2.37. The van der Waals surface area contributed by atoms with Gasteiger partial charge in [-0.25, -0.2) is 13.2 Å². The maximum atomic E-state index is 13.4. The summed E-state index contributed by atoms with van der Waals surface area (Å²) in [6.45, 7) is 35.5. The van der Waals surface area contributed by atoms with Crippen molar-refractivity contribution in [2.45, 2.75) is 287 Å². The van der Waals surface area contributed by atoms with E-state index in [9.17, 15) is 43.8 Å². The smallest absolute Gasteiger partial charge is 0.248 e. The fourth-order valence-electron chi connectivity index (χ4n) is 12.6. The molecule has 0 bridgehead atoms. The van der Waals surface area contributed by atoms with Crippen molar-refractivity contribution in [3.8, 4) is 0 Å². The minimum absolute atomic E-state index is 0.00463. The molecule has 6 aliphatic carbocycles. The van der Waals surface area contributed by atoms with E-state index >= 15 is 0 Å². The number of hydrogen-bond donors (Lipinski definition) is 6. The Morgan fingerprint density at radius 3 is 1.01 bits per heavy atom. The zero-order chi connectivity index (χ0) is 54.4. The van der Waals surface area contributed by atoms with Crippen LogP contribution in [0.15, 0.2) is 0 Å². The fraction of sp³-hybridized carbons (Fsp3) is 1.00. The van der Waals surface area contributed by atoms with Gasteiger partial charge in [0, 0.05) is 31.8 Å². The van der Waals surface area contributed by atoms with Crippen LogP contribution in [-0.4, -0.2) is 92.1 Å². The van der Waals surface area contributed by atoms with Crippen LogP contribution in [0.3, 0.4) is 0 Å².